The van der Waals surface area contributed by atoms with Gasteiger partial charge in [-0.15, -0.1) is 0 Å². The molecule has 5 atom stereocenters. The molecule has 24 heavy (non-hydrogen) atoms. The van der Waals surface area contributed by atoms with Gasteiger partial charge in [-0.2, -0.15) is 0 Å². The third kappa shape index (κ3) is 2.26. The standard InChI is InChI=1S/C22H30O2/c1-4-13-24-16-6-8-17-15(14-16)5-7-19-18(17)9-11-21(2)20(19)10-12-22(21,3)23/h4,6,8,14,18-20,23H,1,5,7,9-13H2,2-3H3/t18-,19+,20+,21-,22-/m1/s1. The lowest BCUT2D eigenvalue weighted by Gasteiger charge is -2.52. The second-order valence-electron chi connectivity index (χ2n) is 8.64. The molecule has 2 nitrogen and oxygen atoms in total. The highest BCUT2D eigenvalue weighted by Crippen LogP contribution is 2.64. The summed E-state index contributed by atoms with van der Waals surface area (Å²) < 4.78 is 5.72. The van der Waals surface area contributed by atoms with E-state index in [0.29, 0.717) is 18.4 Å². The Morgan fingerprint density at radius 2 is 2.08 bits per heavy atom. The Balaban J connectivity index is 1.62. The van der Waals surface area contributed by atoms with Crippen LogP contribution in [0.4, 0.5) is 0 Å². The Labute approximate surface area is 145 Å². The second-order valence-corrected chi connectivity index (χ2v) is 8.64. The molecule has 3 aliphatic rings. The molecule has 2 heteroatoms. The summed E-state index contributed by atoms with van der Waals surface area (Å²) in [6.07, 6.45) is 8.74. The number of aliphatic hydroxyl groups is 1. The predicted molar refractivity (Wildman–Crippen MR) is 97.4 cm³/mol. The topological polar surface area (TPSA) is 29.5 Å². The van der Waals surface area contributed by atoms with Gasteiger partial charge in [0.1, 0.15) is 12.4 Å². The van der Waals surface area contributed by atoms with Gasteiger partial charge in [0.2, 0.25) is 0 Å². The summed E-state index contributed by atoms with van der Waals surface area (Å²) >= 11 is 0. The maximum atomic E-state index is 10.9. The van der Waals surface area contributed by atoms with Gasteiger partial charge in [0.15, 0.2) is 0 Å². The monoisotopic (exact) mass is 326 g/mol. The minimum Gasteiger partial charge on any atom is -0.490 e. The van der Waals surface area contributed by atoms with E-state index in [9.17, 15) is 5.11 Å². The molecule has 2 fully saturated rings. The maximum absolute atomic E-state index is 10.9. The molecule has 0 aromatic heterocycles. The van der Waals surface area contributed by atoms with E-state index in [0.717, 1.165) is 30.9 Å². The van der Waals surface area contributed by atoms with Crippen LogP contribution in [0.2, 0.25) is 0 Å². The van der Waals surface area contributed by atoms with Gasteiger partial charge in [0, 0.05) is 0 Å². The highest BCUT2D eigenvalue weighted by Gasteiger charge is 2.59. The largest absolute Gasteiger partial charge is 0.490 e. The fourth-order valence-electron chi connectivity index (χ4n) is 6.05. The number of hydrogen-bond acceptors (Lipinski definition) is 2. The number of fused-ring (bicyclic) bond motifs is 5. The molecule has 1 aromatic carbocycles. The molecule has 0 unspecified atom stereocenters. The highest BCUT2D eigenvalue weighted by atomic mass is 16.5. The molecule has 0 aliphatic heterocycles. The quantitative estimate of drug-likeness (QED) is 0.804. The first kappa shape index (κ1) is 16.2. The van der Waals surface area contributed by atoms with E-state index in [2.05, 4.69) is 38.6 Å². The number of aryl methyl sites for hydroxylation is 1. The summed E-state index contributed by atoms with van der Waals surface area (Å²) in [5, 5.41) is 10.9. The maximum Gasteiger partial charge on any atom is 0.120 e. The van der Waals surface area contributed by atoms with Gasteiger partial charge in [-0.25, -0.2) is 0 Å². The van der Waals surface area contributed by atoms with E-state index < -0.39 is 5.60 Å². The van der Waals surface area contributed by atoms with E-state index in [1.165, 1.54) is 24.8 Å². The summed E-state index contributed by atoms with van der Waals surface area (Å²) in [4.78, 5) is 0. The van der Waals surface area contributed by atoms with Crippen molar-refractivity contribution in [3.8, 4) is 5.75 Å². The first-order valence-corrected chi connectivity index (χ1v) is 9.55. The molecular formula is C22H30O2. The van der Waals surface area contributed by atoms with Gasteiger partial charge in [0.05, 0.1) is 5.60 Å². The van der Waals surface area contributed by atoms with Crippen LogP contribution in [-0.4, -0.2) is 17.3 Å². The zero-order valence-electron chi connectivity index (χ0n) is 15.1. The number of ether oxygens (including phenoxy) is 1. The lowest BCUT2D eigenvalue weighted by Crippen LogP contribution is -2.49. The fraction of sp³-hybridized carbons (Fsp3) is 0.636. The van der Waals surface area contributed by atoms with Crippen LogP contribution >= 0.6 is 0 Å². The molecule has 0 bridgehead atoms. The van der Waals surface area contributed by atoms with Crippen molar-refractivity contribution in [2.45, 2.75) is 63.9 Å². The molecule has 1 aromatic rings. The van der Waals surface area contributed by atoms with Gasteiger partial charge >= 0.3 is 0 Å². The van der Waals surface area contributed by atoms with Gasteiger partial charge in [-0.05, 0) is 91.9 Å². The highest BCUT2D eigenvalue weighted by molar-refractivity contribution is 5.41. The fourth-order valence-corrected chi connectivity index (χ4v) is 6.05. The molecule has 0 heterocycles. The molecular weight excluding hydrogens is 296 g/mol. The third-order valence-electron chi connectivity index (χ3n) is 7.63. The molecule has 1 N–H and O–H groups in total. The molecule has 0 saturated heterocycles. The molecule has 0 amide bonds. The van der Waals surface area contributed by atoms with E-state index >= 15 is 0 Å². The molecule has 0 radical (unpaired) electrons. The Morgan fingerprint density at radius 1 is 1.25 bits per heavy atom. The number of hydrogen-bond donors (Lipinski definition) is 1. The van der Waals surface area contributed by atoms with Crippen molar-refractivity contribution in [3.63, 3.8) is 0 Å². The smallest absolute Gasteiger partial charge is 0.120 e. The van der Waals surface area contributed by atoms with E-state index in [-0.39, 0.29) is 5.41 Å². The summed E-state index contributed by atoms with van der Waals surface area (Å²) in [5.74, 6) is 3.06. The predicted octanol–water partition coefficient (Wildman–Crippen LogP) is 4.86. The van der Waals surface area contributed by atoms with Crippen LogP contribution in [0.25, 0.3) is 0 Å². The summed E-state index contributed by atoms with van der Waals surface area (Å²) in [7, 11) is 0. The Morgan fingerprint density at radius 3 is 2.88 bits per heavy atom. The summed E-state index contributed by atoms with van der Waals surface area (Å²) in [6, 6.07) is 6.68. The second kappa shape index (κ2) is 5.62. The van der Waals surface area contributed by atoms with Crippen molar-refractivity contribution in [2.75, 3.05) is 6.61 Å². The molecule has 0 spiro atoms. The Hall–Kier alpha value is -1.28. The molecule has 130 valence electrons. The van der Waals surface area contributed by atoms with Crippen LogP contribution in [0.5, 0.6) is 5.75 Å². The summed E-state index contributed by atoms with van der Waals surface area (Å²) in [6.45, 7) is 8.72. The van der Waals surface area contributed by atoms with Crippen LogP contribution in [0, 0.1) is 17.3 Å². The van der Waals surface area contributed by atoms with Crippen molar-refractivity contribution in [1.29, 1.82) is 0 Å². The van der Waals surface area contributed by atoms with Crippen LogP contribution < -0.4 is 4.74 Å². The van der Waals surface area contributed by atoms with Gasteiger partial charge in [0.25, 0.3) is 0 Å². The third-order valence-corrected chi connectivity index (χ3v) is 7.63. The average Bonchev–Trinajstić information content (AvgIpc) is 2.82. The first-order chi connectivity index (χ1) is 11.5. The lowest BCUT2D eigenvalue weighted by atomic mass is 9.53. The van der Waals surface area contributed by atoms with Crippen molar-refractivity contribution in [2.24, 2.45) is 17.3 Å². The number of benzene rings is 1. The zero-order chi connectivity index (χ0) is 16.9. The zero-order valence-corrected chi connectivity index (χ0v) is 15.1. The normalized spacial score (nSPS) is 40.4. The van der Waals surface area contributed by atoms with Crippen molar-refractivity contribution in [3.05, 3.63) is 42.0 Å². The minimum absolute atomic E-state index is 0.110. The summed E-state index contributed by atoms with van der Waals surface area (Å²) in [5.41, 5.74) is 2.65. The van der Waals surface area contributed by atoms with E-state index in [4.69, 9.17) is 4.74 Å². The first-order valence-electron chi connectivity index (χ1n) is 9.55. The van der Waals surface area contributed by atoms with Gasteiger partial charge < -0.3 is 9.84 Å². The van der Waals surface area contributed by atoms with Crippen molar-refractivity contribution in [1.82, 2.24) is 0 Å². The van der Waals surface area contributed by atoms with Gasteiger partial charge in [-0.3, -0.25) is 0 Å². The van der Waals surface area contributed by atoms with Crippen LogP contribution in [0.3, 0.4) is 0 Å². The minimum atomic E-state index is -0.481. The van der Waals surface area contributed by atoms with Crippen molar-refractivity contribution < 1.29 is 9.84 Å². The molecule has 3 aliphatic carbocycles. The molecule has 4 rings (SSSR count). The molecule has 2 saturated carbocycles. The van der Waals surface area contributed by atoms with Crippen LogP contribution in [-0.2, 0) is 6.42 Å². The Kier molecular flexibility index (Phi) is 3.80. The van der Waals surface area contributed by atoms with Gasteiger partial charge in [-0.1, -0.05) is 25.6 Å². The van der Waals surface area contributed by atoms with Crippen LogP contribution in [0.15, 0.2) is 30.9 Å². The Bertz CT molecular complexity index is 647. The SMILES string of the molecule is C=CCOc1ccc2c(c1)CC[C@H]1[C@@H]2CC[C@]2(C)[C@H]1CC[C@@]2(C)O. The lowest BCUT2D eigenvalue weighted by molar-refractivity contribution is -0.0901. The van der Waals surface area contributed by atoms with E-state index in [1.807, 2.05) is 0 Å². The van der Waals surface area contributed by atoms with E-state index in [1.54, 1.807) is 11.6 Å². The van der Waals surface area contributed by atoms with Crippen molar-refractivity contribution >= 4 is 0 Å². The average molecular weight is 326 g/mol. The van der Waals surface area contributed by atoms with Crippen LogP contribution in [0.1, 0.15) is 63.0 Å². The number of rotatable bonds is 3.